The summed E-state index contributed by atoms with van der Waals surface area (Å²) in [5, 5.41) is 0.845. The fourth-order valence-corrected chi connectivity index (χ4v) is 2.63. The van der Waals surface area contributed by atoms with E-state index in [1.807, 2.05) is 24.3 Å². The van der Waals surface area contributed by atoms with Crippen LogP contribution in [0.5, 0.6) is 0 Å². The van der Waals surface area contributed by atoms with Crippen LogP contribution < -0.4 is 10.9 Å². The van der Waals surface area contributed by atoms with Gasteiger partial charge in [-0.15, -0.1) is 0 Å². The second kappa shape index (κ2) is 7.65. The highest BCUT2D eigenvalue weighted by Gasteiger charge is 2.18. The van der Waals surface area contributed by atoms with E-state index < -0.39 is 11.8 Å². The first-order valence-electron chi connectivity index (χ1n) is 8.22. The van der Waals surface area contributed by atoms with Crippen LogP contribution in [-0.4, -0.2) is 17.6 Å². The number of carbonyl (C=O) groups excluding carboxylic acids is 3. The molecular weight excluding hydrogens is 332 g/mol. The first kappa shape index (κ1) is 17.4. The zero-order chi connectivity index (χ0) is 18.5. The maximum Gasteiger partial charge on any atom is 0.305 e. The third-order valence-electron chi connectivity index (χ3n) is 4.04. The molecule has 0 aliphatic heterocycles. The minimum absolute atomic E-state index is 0.0207. The number of nitrogens with one attached hydrogen (secondary N) is 2. The lowest BCUT2D eigenvalue weighted by molar-refractivity contribution is -0.121. The van der Waals surface area contributed by atoms with Gasteiger partial charge in [0.05, 0.1) is 0 Å². The number of hydrazine groups is 1. The largest absolute Gasteiger partial charge is 0.451 e. The number of para-hydroxylation sites is 1. The van der Waals surface area contributed by atoms with Crippen molar-refractivity contribution in [1.82, 2.24) is 10.9 Å². The second-order valence-electron chi connectivity index (χ2n) is 5.84. The molecule has 2 aromatic carbocycles. The highest BCUT2D eigenvalue weighted by Crippen LogP contribution is 2.24. The molecule has 26 heavy (non-hydrogen) atoms. The summed E-state index contributed by atoms with van der Waals surface area (Å²) >= 11 is 0. The topological polar surface area (TPSA) is 88.4 Å². The van der Waals surface area contributed by atoms with Gasteiger partial charge in [-0.3, -0.25) is 25.2 Å². The van der Waals surface area contributed by atoms with Crippen LogP contribution in [0.3, 0.4) is 0 Å². The van der Waals surface area contributed by atoms with Gasteiger partial charge in [0.2, 0.25) is 5.91 Å². The van der Waals surface area contributed by atoms with Crippen molar-refractivity contribution in [3.8, 4) is 0 Å². The highest BCUT2D eigenvalue weighted by atomic mass is 16.3. The Balaban J connectivity index is 1.53. The van der Waals surface area contributed by atoms with Crippen LogP contribution in [-0.2, 0) is 4.79 Å². The van der Waals surface area contributed by atoms with Gasteiger partial charge in [-0.25, -0.2) is 0 Å². The van der Waals surface area contributed by atoms with E-state index in [1.54, 1.807) is 37.3 Å². The average molecular weight is 350 g/mol. The number of hydrogen-bond acceptors (Lipinski definition) is 4. The van der Waals surface area contributed by atoms with Crippen molar-refractivity contribution >= 4 is 28.6 Å². The van der Waals surface area contributed by atoms with Crippen LogP contribution in [0.15, 0.2) is 59.0 Å². The van der Waals surface area contributed by atoms with Crippen molar-refractivity contribution in [2.75, 3.05) is 0 Å². The maximum atomic E-state index is 12.2. The van der Waals surface area contributed by atoms with Crippen LogP contribution in [0.2, 0.25) is 0 Å². The summed E-state index contributed by atoms with van der Waals surface area (Å²) in [5.74, 6) is -0.968. The number of fused-ring (bicyclic) bond motifs is 1. The Bertz CT molecular complexity index is 960. The second-order valence-corrected chi connectivity index (χ2v) is 5.84. The van der Waals surface area contributed by atoms with Gasteiger partial charge < -0.3 is 4.42 Å². The standard InChI is InChI=1S/C20H18N2O4/c1-13-15-9-5-6-10-17(15)26-19(13)20(25)22-21-18(24)12-11-16(23)14-7-3-2-4-8-14/h2-10H,11-12H2,1H3,(H,21,24)(H,22,25). The minimum Gasteiger partial charge on any atom is -0.451 e. The van der Waals surface area contributed by atoms with Crippen LogP contribution >= 0.6 is 0 Å². The zero-order valence-corrected chi connectivity index (χ0v) is 14.2. The third kappa shape index (κ3) is 3.80. The normalized spacial score (nSPS) is 10.5. The lowest BCUT2D eigenvalue weighted by atomic mass is 10.1. The van der Waals surface area contributed by atoms with Crippen molar-refractivity contribution in [2.24, 2.45) is 0 Å². The van der Waals surface area contributed by atoms with Crippen molar-refractivity contribution in [3.05, 3.63) is 71.5 Å². The lowest BCUT2D eigenvalue weighted by Crippen LogP contribution is -2.41. The zero-order valence-electron chi connectivity index (χ0n) is 14.2. The van der Waals surface area contributed by atoms with Gasteiger partial charge in [0.1, 0.15) is 5.58 Å². The number of amides is 2. The van der Waals surface area contributed by atoms with Gasteiger partial charge in [0.15, 0.2) is 11.5 Å². The van der Waals surface area contributed by atoms with E-state index >= 15 is 0 Å². The molecule has 0 aliphatic carbocycles. The van der Waals surface area contributed by atoms with Crippen LogP contribution in [0.4, 0.5) is 0 Å². The SMILES string of the molecule is Cc1c(C(=O)NNC(=O)CCC(=O)c2ccccc2)oc2ccccc12. The number of benzene rings is 2. The maximum absolute atomic E-state index is 12.2. The Morgan fingerprint density at radius 2 is 1.58 bits per heavy atom. The van der Waals surface area contributed by atoms with Gasteiger partial charge in [-0.2, -0.15) is 0 Å². The van der Waals surface area contributed by atoms with Gasteiger partial charge in [-0.1, -0.05) is 48.5 Å². The molecule has 0 fully saturated rings. The van der Waals surface area contributed by atoms with Gasteiger partial charge in [0, 0.05) is 29.4 Å². The molecule has 0 bridgehead atoms. The predicted octanol–water partition coefficient (Wildman–Crippen LogP) is 3.17. The molecule has 0 atom stereocenters. The Morgan fingerprint density at radius 1 is 0.885 bits per heavy atom. The monoisotopic (exact) mass is 350 g/mol. The summed E-state index contributed by atoms with van der Waals surface area (Å²) in [7, 11) is 0. The predicted molar refractivity (Wildman–Crippen MR) is 96.6 cm³/mol. The molecule has 2 N–H and O–H groups in total. The van der Waals surface area contributed by atoms with Crippen LogP contribution in [0, 0.1) is 6.92 Å². The van der Waals surface area contributed by atoms with Crippen molar-refractivity contribution in [3.63, 3.8) is 0 Å². The van der Waals surface area contributed by atoms with E-state index in [2.05, 4.69) is 10.9 Å². The summed E-state index contributed by atoms with van der Waals surface area (Å²) < 4.78 is 5.53. The molecular formula is C20H18N2O4. The first-order chi connectivity index (χ1) is 12.6. The molecule has 0 spiro atoms. The number of Topliss-reactive ketones (excluding diaryl/α,β-unsaturated/α-hetero) is 1. The Kier molecular flexibility index (Phi) is 5.12. The van der Waals surface area contributed by atoms with Crippen molar-refractivity contribution in [1.29, 1.82) is 0 Å². The molecule has 1 aromatic heterocycles. The van der Waals surface area contributed by atoms with E-state index in [0.29, 0.717) is 16.7 Å². The number of hydrogen-bond donors (Lipinski definition) is 2. The van der Waals surface area contributed by atoms with Gasteiger partial charge >= 0.3 is 5.91 Å². The minimum atomic E-state index is -0.540. The molecule has 0 aliphatic rings. The molecule has 0 unspecified atom stereocenters. The van der Waals surface area contributed by atoms with E-state index in [0.717, 1.165) is 5.39 Å². The van der Waals surface area contributed by atoms with Gasteiger partial charge in [0.25, 0.3) is 0 Å². The Hall–Kier alpha value is -3.41. The highest BCUT2D eigenvalue weighted by molar-refractivity contribution is 6.00. The summed E-state index contributed by atoms with van der Waals surface area (Å²) in [6.07, 6.45) is 0.0441. The van der Waals surface area contributed by atoms with E-state index in [-0.39, 0.29) is 24.4 Å². The fraction of sp³-hybridized carbons (Fsp3) is 0.150. The van der Waals surface area contributed by atoms with Gasteiger partial charge in [-0.05, 0) is 13.0 Å². The fourth-order valence-electron chi connectivity index (χ4n) is 2.63. The number of furan rings is 1. The molecule has 1 heterocycles. The molecule has 0 saturated carbocycles. The third-order valence-corrected chi connectivity index (χ3v) is 4.04. The number of rotatable bonds is 5. The average Bonchev–Trinajstić information content (AvgIpc) is 3.02. The number of ketones is 1. The Labute approximate surface area is 150 Å². The summed E-state index contributed by atoms with van der Waals surface area (Å²) in [5.41, 5.74) is 6.49. The van der Waals surface area contributed by atoms with E-state index in [4.69, 9.17) is 4.42 Å². The van der Waals surface area contributed by atoms with Crippen LogP contribution in [0.1, 0.15) is 39.3 Å². The quantitative estimate of drug-likeness (QED) is 0.546. The number of aryl methyl sites for hydroxylation is 1. The molecule has 6 heteroatoms. The van der Waals surface area contributed by atoms with E-state index in [1.165, 1.54) is 0 Å². The molecule has 6 nitrogen and oxygen atoms in total. The van der Waals surface area contributed by atoms with Crippen LogP contribution in [0.25, 0.3) is 11.0 Å². The first-order valence-corrected chi connectivity index (χ1v) is 8.22. The Morgan fingerprint density at radius 3 is 2.31 bits per heavy atom. The lowest BCUT2D eigenvalue weighted by Gasteiger charge is -2.06. The summed E-state index contributed by atoms with van der Waals surface area (Å²) in [4.78, 5) is 36.0. The molecule has 0 saturated heterocycles. The van der Waals surface area contributed by atoms with Crippen molar-refractivity contribution < 1.29 is 18.8 Å². The molecule has 3 rings (SSSR count). The molecule has 0 radical (unpaired) electrons. The smallest absolute Gasteiger partial charge is 0.305 e. The summed E-state index contributed by atoms with van der Waals surface area (Å²) in [6.45, 7) is 1.78. The van der Waals surface area contributed by atoms with Crippen molar-refractivity contribution in [2.45, 2.75) is 19.8 Å². The molecule has 3 aromatic rings. The van der Waals surface area contributed by atoms with E-state index in [9.17, 15) is 14.4 Å². The molecule has 132 valence electrons. The molecule has 2 amide bonds. The summed E-state index contributed by atoms with van der Waals surface area (Å²) in [6, 6.07) is 16.1. The number of carbonyl (C=O) groups is 3.